The summed E-state index contributed by atoms with van der Waals surface area (Å²) in [6, 6.07) is 98.9. The minimum absolute atomic E-state index is 0.0640. The number of rotatable bonds is 9. The number of hydrogen-bond acceptors (Lipinski definition) is 1. The van der Waals surface area contributed by atoms with Gasteiger partial charge in [-0.2, -0.15) is 0 Å². The van der Waals surface area contributed by atoms with Crippen LogP contribution in [-0.2, 0) is 10.8 Å². The van der Waals surface area contributed by atoms with Gasteiger partial charge in [0.1, 0.15) is 0 Å². The number of fused-ring (bicyclic) bond motifs is 4. The van der Waals surface area contributed by atoms with E-state index in [4.69, 9.17) is 0 Å². The van der Waals surface area contributed by atoms with Crippen LogP contribution in [0.2, 0.25) is 0 Å². The highest BCUT2D eigenvalue weighted by Crippen LogP contribution is 2.58. The second-order valence-electron chi connectivity index (χ2n) is 19.6. The molecule has 0 aliphatic heterocycles. The lowest BCUT2D eigenvalue weighted by molar-refractivity contribution is 0.590. The molecule has 0 N–H and O–H groups in total. The minimum Gasteiger partial charge on any atom is -0.309 e. The topological polar surface area (TPSA) is 3.24 Å². The Bertz CT molecular complexity index is 3620. The molecule has 334 valence electrons. The number of anilines is 3. The third-order valence-electron chi connectivity index (χ3n) is 14.5. The van der Waals surface area contributed by atoms with Crippen molar-refractivity contribution >= 4 is 27.8 Å². The van der Waals surface area contributed by atoms with Gasteiger partial charge in [-0.1, -0.05) is 251 Å². The van der Waals surface area contributed by atoms with E-state index in [-0.39, 0.29) is 5.41 Å². The molecule has 1 aliphatic rings. The maximum Gasteiger partial charge on any atom is 0.0713 e. The molecule has 1 nitrogen and oxygen atoms in total. The predicted molar refractivity (Wildman–Crippen MR) is 296 cm³/mol. The molecule has 0 amide bonds. The normalized spacial score (nSPS) is 12.6. The molecule has 0 atom stereocenters. The van der Waals surface area contributed by atoms with E-state index in [1.807, 2.05) is 0 Å². The van der Waals surface area contributed by atoms with Crippen LogP contribution in [0.1, 0.15) is 48.6 Å². The molecule has 0 saturated heterocycles. The van der Waals surface area contributed by atoms with Crippen molar-refractivity contribution in [3.63, 3.8) is 0 Å². The summed E-state index contributed by atoms with van der Waals surface area (Å²) in [7, 11) is 0. The van der Waals surface area contributed by atoms with E-state index in [9.17, 15) is 0 Å². The first-order chi connectivity index (χ1) is 34.4. The quantitative estimate of drug-likeness (QED) is 0.140. The van der Waals surface area contributed by atoms with Crippen LogP contribution in [-0.4, -0.2) is 0 Å². The van der Waals surface area contributed by atoms with Crippen LogP contribution in [0.4, 0.5) is 17.1 Å². The lowest BCUT2D eigenvalue weighted by atomic mass is 9.68. The molecule has 70 heavy (non-hydrogen) atoms. The summed E-state index contributed by atoms with van der Waals surface area (Å²) in [6.07, 6.45) is 0. The largest absolute Gasteiger partial charge is 0.309 e. The van der Waals surface area contributed by atoms with E-state index in [1.54, 1.807) is 0 Å². The highest BCUT2D eigenvalue weighted by molar-refractivity contribution is 6.07. The highest BCUT2D eigenvalue weighted by Gasteiger charge is 2.46. The van der Waals surface area contributed by atoms with Gasteiger partial charge in [0, 0.05) is 16.8 Å². The lowest BCUT2D eigenvalue weighted by Crippen LogP contribution is -2.28. The van der Waals surface area contributed by atoms with Crippen molar-refractivity contribution in [1.29, 1.82) is 0 Å². The van der Waals surface area contributed by atoms with Crippen molar-refractivity contribution in [3.8, 4) is 55.6 Å². The Morgan fingerprint density at radius 2 is 0.857 bits per heavy atom. The number of nitrogens with zero attached hydrogens (tertiary/aromatic N) is 1. The monoisotopic (exact) mass is 895 g/mol. The van der Waals surface area contributed by atoms with Gasteiger partial charge in [0.15, 0.2) is 0 Å². The lowest BCUT2D eigenvalue weighted by Gasteiger charge is -2.34. The fraction of sp³-hybridized carbons (Fsp3) is 0.0725. The fourth-order valence-electron chi connectivity index (χ4n) is 11.1. The molecule has 0 saturated carbocycles. The first-order valence-corrected chi connectivity index (χ1v) is 24.5. The Morgan fingerprint density at radius 3 is 1.56 bits per heavy atom. The van der Waals surface area contributed by atoms with Gasteiger partial charge in [-0.05, 0) is 125 Å². The maximum absolute atomic E-state index is 2.54. The Labute approximate surface area is 412 Å². The fourth-order valence-corrected chi connectivity index (χ4v) is 11.1. The van der Waals surface area contributed by atoms with Crippen LogP contribution in [0.15, 0.2) is 267 Å². The van der Waals surface area contributed by atoms with Crippen molar-refractivity contribution in [3.05, 3.63) is 295 Å². The molecule has 12 rings (SSSR count). The third-order valence-corrected chi connectivity index (χ3v) is 14.5. The van der Waals surface area contributed by atoms with E-state index in [2.05, 4.69) is 293 Å². The first kappa shape index (κ1) is 42.8. The standard InChI is InChI=1S/C69H53N/c1-68(2,3)55-39-35-49(36-40-55)53-38-43-65(61(46-53)50-23-10-5-11-24-50)70(66-44-37-51-25-16-17-32-59(51)67(66)54-27-20-26-52(45-54)48-21-8-4-9-22-48)58-41-42-64-62(47-58)60-33-18-19-34-63(60)69(64,56-28-12-6-13-29-56)57-30-14-7-15-31-57/h4-47H,1-3H3. The molecule has 0 bridgehead atoms. The summed E-state index contributed by atoms with van der Waals surface area (Å²) < 4.78 is 0. The van der Waals surface area contributed by atoms with Gasteiger partial charge < -0.3 is 4.90 Å². The van der Waals surface area contributed by atoms with Crippen LogP contribution in [0, 0.1) is 0 Å². The van der Waals surface area contributed by atoms with Crippen molar-refractivity contribution in [2.75, 3.05) is 4.90 Å². The number of benzene rings is 11. The Balaban J connectivity index is 1.15. The highest BCUT2D eigenvalue weighted by atomic mass is 15.1. The van der Waals surface area contributed by atoms with Gasteiger partial charge in [0.2, 0.25) is 0 Å². The van der Waals surface area contributed by atoms with Crippen molar-refractivity contribution in [2.24, 2.45) is 0 Å². The maximum atomic E-state index is 2.54. The molecular weight excluding hydrogens is 843 g/mol. The van der Waals surface area contributed by atoms with E-state index in [0.29, 0.717) is 0 Å². The van der Waals surface area contributed by atoms with Gasteiger partial charge in [-0.15, -0.1) is 0 Å². The van der Waals surface area contributed by atoms with Gasteiger partial charge >= 0.3 is 0 Å². The van der Waals surface area contributed by atoms with E-state index >= 15 is 0 Å². The summed E-state index contributed by atoms with van der Waals surface area (Å²) in [5.41, 5.74) is 21.1. The van der Waals surface area contributed by atoms with Gasteiger partial charge in [-0.25, -0.2) is 0 Å². The third kappa shape index (κ3) is 7.34. The molecule has 0 heterocycles. The summed E-state index contributed by atoms with van der Waals surface area (Å²) in [4.78, 5) is 2.54. The smallest absolute Gasteiger partial charge is 0.0713 e. The Hall–Kier alpha value is -8.52. The van der Waals surface area contributed by atoms with E-state index in [1.165, 1.54) is 77.5 Å². The molecule has 1 heteroatoms. The first-order valence-electron chi connectivity index (χ1n) is 24.5. The molecule has 11 aromatic rings. The second-order valence-corrected chi connectivity index (χ2v) is 19.6. The SMILES string of the molecule is CC(C)(C)c1ccc(-c2ccc(N(c3ccc4c(c3)-c3ccccc3C4(c3ccccc3)c3ccccc3)c3ccc4ccccc4c3-c3cccc(-c4ccccc4)c3)c(-c3ccccc3)c2)cc1. The molecule has 0 unspecified atom stereocenters. The zero-order valence-electron chi connectivity index (χ0n) is 39.9. The molecule has 11 aromatic carbocycles. The Kier molecular flexibility index (Phi) is 10.7. The summed E-state index contributed by atoms with van der Waals surface area (Å²) >= 11 is 0. The summed E-state index contributed by atoms with van der Waals surface area (Å²) in [5, 5.41) is 2.40. The zero-order valence-corrected chi connectivity index (χ0v) is 39.9. The molecule has 0 fully saturated rings. The minimum atomic E-state index is -0.511. The van der Waals surface area contributed by atoms with Gasteiger partial charge in [0.05, 0.1) is 16.8 Å². The van der Waals surface area contributed by atoms with Gasteiger partial charge in [0.25, 0.3) is 0 Å². The average Bonchev–Trinajstić information content (AvgIpc) is 3.72. The summed E-state index contributed by atoms with van der Waals surface area (Å²) in [5.74, 6) is 0. The van der Waals surface area contributed by atoms with Crippen LogP contribution in [0.3, 0.4) is 0 Å². The number of hydrogen-bond donors (Lipinski definition) is 0. The second kappa shape index (κ2) is 17.5. The van der Waals surface area contributed by atoms with Crippen LogP contribution in [0.5, 0.6) is 0 Å². The van der Waals surface area contributed by atoms with E-state index in [0.717, 1.165) is 33.8 Å². The van der Waals surface area contributed by atoms with Crippen LogP contribution in [0.25, 0.3) is 66.4 Å². The van der Waals surface area contributed by atoms with Crippen LogP contribution >= 0.6 is 0 Å². The van der Waals surface area contributed by atoms with E-state index < -0.39 is 5.41 Å². The molecule has 1 aliphatic carbocycles. The molecule has 0 spiro atoms. The average molecular weight is 896 g/mol. The van der Waals surface area contributed by atoms with Crippen molar-refractivity contribution < 1.29 is 0 Å². The summed E-state index contributed by atoms with van der Waals surface area (Å²) in [6.45, 7) is 6.83. The predicted octanol–water partition coefficient (Wildman–Crippen LogP) is 18.6. The molecule has 0 radical (unpaired) electrons. The van der Waals surface area contributed by atoms with Crippen molar-refractivity contribution in [1.82, 2.24) is 0 Å². The Morgan fingerprint density at radius 1 is 0.329 bits per heavy atom. The molecule has 0 aromatic heterocycles. The zero-order chi connectivity index (χ0) is 47.2. The van der Waals surface area contributed by atoms with Crippen LogP contribution < -0.4 is 4.90 Å². The molecular formula is C69H53N. The van der Waals surface area contributed by atoms with Gasteiger partial charge in [-0.3, -0.25) is 0 Å². The van der Waals surface area contributed by atoms with Crippen molar-refractivity contribution in [2.45, 2.75) is 31.6 Å².